The minimum Gasteiger partial charge on any atom is -0.497 e. The third kappa shape index (κ3) is 5.59. The van der Waals surface area contributed by atoms with Gasteiger partial charge in [0, 0.05) is 39.6 Å². The van der Waals surface area contributed by atoms with Crippen molar-refractivity contribution >= 4 is 29.9 Å². The monoisotopic (exact) mass is 414 g/mol. The van der Waals surface area contributed by atoms with Gasteiger partial charge in [0.05, 0.1) is 7.11 Å². The van der Waals surface area contributed by atoms with Gasteiger partial charge < -0.3 is 19.9 Å². The van der Waals surface area contributed by atoms with E-state index < -0.39 is 0 Å². The van der Waals surface area contributed by atoms with Gasteiger partial charge in [-0.1, -0.05) is 12.1 Å². The molecule has 1 aromatic carbocycles. The Kier molecular flexibility index (Phi) is 7.79. The van der Waals surface area contributed by atoms with Crippen molar-refractivity contribution < 1.29 is 4.74 Å². The zero-order valence-electron chi connectivity index (χ0n) is 13.2. The Morgan fingerprint density at radius 3 is 2.23 bits per heavy atom. The van der Waals surface area contributed by atoms with Crippen LogP contribution in [-0.4, -0.2) is 24.7 Å². The Hall–Kier alpha value is -1.70. The van der Waals surface area contributed by atoms with Crippen molar-refractivity contribution in [3.8, 4) is 5.75 Å². The van der Waals surface area contributed by atoms with Crippen LogP contribution in [0.3, 0.4) is 0 Å². The molecule has 1 aromatic heterocycles. The maximum absolute atomic E-state index is 5.15. The molecule has 0 unspecified atom stereocenters. The van der Waals surface area contributed by atoms with Crippen LogP contribution in [0.15, 0.2) is 47.7 Å². The lowest BCUT2D eigenvalue weighted by atomic mass is 10.2. The standard InChI is InChI=1S/C16H22N4O.HI/c1-17-16(19-11-14-8-9-20(2)12-14)18-10-13-4-6-15(21-3)7-5-13;/h4-9,12H,10-11H2,1-3H3,(H2,17,18,19);1H. The number of nitrogens with zero attached hydrogens (tertiary/aromatic N) is 2. The van der Waals surface area contributed by atoms with Crippen LogP contribution in [0.2, 0.25) is 0 Å². The summed E-state index contributed by atoms with van der Waals surface area (Å²) in [7, 11) is 5.46. The molecule has 1 heterocycles. The average Bonchev–Trinajstić information content (AvgIpc) is 2.93. The molecular weight excluding hydrogens is 391 g/mol. The van der Waals surface area contributed by atoms with Gasteiger partial charge >= 0.3 is 0 Å². The molecule has 0 aliphatic rings. The van der Waals surface area contributed by atoms with E-state index in [9.17, 15) is 0 Å². The van der Waals surface area contributed by atoms with Crippen LogP contribution >= 0.6 is 24.0 Å². The number of hydrogen-bond donors (Lipinski definition) is 2. The smallest absolute Gasteiger partial charge is 0.191 e. The number of aryl methyl sites for hydroxylation is 1. The molecule has 2 rings (SSSR count). The number of aliphatic imine (C=N–C) groups is 1. The number of halogens is 1. The van der Waals surface area contributed by atoms with E-state index >= 15 is 0 Å². The lowest BCUT2D eigenvalue weighted by Crippen LogP contribution is -2.36. The average molecular weight is 414 g/mol. The Morgan fingerprint density at radius 2 is 1.73 bits per heavy atom. The third-order valence-electron chi connectivity index (χ3n) is 3.20. The molecular formula is C16H23IN4O. The first-order valence-corrected chi connectivity index (χ1v) is 6.89. The molecule has 2 N–H and O–H groups in total. The van der Waals surface area contributed by atoms with Gasteiger partial charge in [0.1, 0.15) is 5.75 Å². The number of aromatic nitrogens is 1. The van der Waals surface area contributed by atoms with E-state index in [1.807, 2.05) is 42.1 Å². The molecule has 120 valence electrons. The fourth-order valence-electron chi connectivity index (χ4n) is 2.00. The molecule has 22 heavy (non-hydrogen) atoms. The van der Waals surface area contributed by atoms with Crippen LogP contribution in [0.4, 0.5) is 0 Å². The number of ether oxygens (including phenoxy) is 1. The van der Waals surface area contributed by atoms with Gasteiger partial charge in [-0.2, -0.15) is 0 Å². The molecule has 0 saturated heterocycles. The van der Waals surface area contributed by atoms with E-state index in [1.54, 1.807) is 14.2 Å². The predicted octanol–water partition coefficient (Wildman–Crippen LogP) is 2.52. The maximum atomic E-state index is 5.15. The fraction of sp³-hybridized carbons (Fsp3) is 0.312. The van der Waals surface area contributed by atoms with E-state index in [0.717, 1.165) is 24.8 Å². The van der Waals surface area contributed by atoms with E-state index in [4.69, 9.17) is 4.74 Å². The summed E-state index contributed by atoms with van der Waals surface area (Å²) >= 11 is 0. The second-order valence-corrected chi connectivity index (χ2v) is 4.81. The van der Waals surface area contributed by atoms with E-state index in [1.165, 1.54) is 11.1 Å². The Labute approximate surface area is 148 Å². The van der Waals surface area contributed by atoms with Crippen molar-refractivity contribution in [1.29, 1.82) is 0 Å². The summed E-state index contributed by atoms with van der Waals surface area (Å²) in [6, 6.07) is 10.1. The zero-order valence-corrected chi connectivity index (χ0v) is 15.5. The second-order valence-electron chi connectivity index (χ2n) is 4.81. The number of methoxy groups -OCH3 is 1. The summed E-state index contributed by atoms with van der Waals surface area (Å²) < 4.78 is 7.18. The number of benzene rings is 1. The Morgan fingerprint density at radius 1 is 1.09 bits per heavy atom. The minimum absolute atomic E-state index is 0. The van der Waals surface area contributed by atoms with Crippen molar-refractivity contribution in [1.82, 2.24) is 15.2 Å². The van der Waals surface area contributed by atoms with E-state index in [0.29, 0.717) is 0 Å². The summed E-state index contributed by atoms with van der Waals surface area (Å²) in [6.07, 6.45) is 4.12. The summed E-state index contributed by atoms with van der Waals surface area (Å²) in [5.41, 5.74) is 2.41. The largest absolute Gasteiger partial charge is 0.497 e. The van der Waals surface area contributed by atoms with Crippen LogP contribution in [0.25, 0.3) is 0 Å². The lowest BCUT2D eigenvalue weighted by Gasteiger charge is -2.11. The fourth-order valence-corrected chi connectivity index (χ4v) is 2.00. The first kappa shape index (κ1) is 18.3. The minimum atomic E-state index is 0. The zero-order chi connectivity index (χ0) is 15.1. The molecule has 0 atom stereocenters. The van der Waals surface area contributed by atoms with Gasteiger partial charge in [-0.15, -0.1) is 24.0 Å². The molecule has 0 aliphatic carbocycles. The highest BCUT2D eigenvalue weighted by atomic mass is 127. The molecule has 0 radical (unpaired) electrons. The van der Waals surface area contributed by atoms with Gasteiger partial charge in [0.15, 0.2) is 5.96 Å². The summed E-state index contributed by atoms with van der Waals surface area (Å²) in [5.74, 6) is 1.65. The molecule has 6 heteroatoms. The molecule has 0 amide bonds. The molecule has 0 aliphatic heterocycles. The number of hydrogen-bond acceptors (Lipinski definition) is 2. The van der Waals surface area contributed by atoms with Crippen molar-refractivity contribution in [2.24, 2.45) is 12.0 Å². The molecule has 0 bridgehead atoms. The molecule has 0 saturated carbocycles. The first-order chi connectivity index (χ1) is 10.2. The van der Waals surface area contributed by atoms with Crippen molar-refractivity contribution in [3.63, 3.8) is 0 Å². The van der Waals surface area contributed by atoms with Crippen LogP contribution < -0.4 is 15.4 Å². The molecule has 2 aromatic rings. The number of rotatable bonds is 5. The molecule has 0 fully saturated rings. The lowest BCUT2D eigenvalue weighted by molar-refractivity contribution is 0.414. The second kappa shape index (κ2) is 9.34. The molecule has 0 spiro atoms. The van der Waals surface area contributed by atoms with Gasteiger partial charge in [0.2, 0.25) is 0 Å². The van der Waals surface area contributed by atoms with E-state index in [-0.39, 0.29) is 24.0 Å². The highest BCUT2D eigenvalue weighted by Crippen LogP contribution is 2.10. The van der Waals surface area contributed by atoms with Gasteiger partial charge in [-0.25, -0.2) is 0 Å². The topological polar surface area (TPSA) is 50.6 Å². The summed E-state index contributed by atoms with van der Waals surface area (Å²) in [6.45, 7) is 1.47. The van der Waals surface area contributed by atoms with Crippen LogP contribution in [0, 0.1) is 0 Å². The van der Waals surface area contributed by atoms with Gasteiger partial charge in [-0.05, 0) is 29.3 Å². The number of guanidine groups is 1. The Balaban J connectivity index is 0.00000242. The van der Waals surface area contributed by atoms with Crippen molar-refractivity contribution in [3.05, 3.63) is 53.9 Å². The predicted molar refractivity (Wildman–Crippen MR) is 101 cm³/mol. The van der Waals surface area contributed by atoms with E-state index in [2.05, 4.69) is 27.9 Å². The highest BCUT2D eigenvalue weighted by molar-refractivity contribution is 14.0. The van der Waals surface area contributed by atoms with Crippen LogP contribution in [0.1, 0.15) is 11.1 Å². The normalized spacial score (nSPS) is 10.8. The first-order valence-electron chi connectivity index (χ1n) is 6.89. The summed E-state index contributed by atoms with van der Waals surface area (Å²) in [4.78, 5) is 4.22. The third-order valence-corrected chi connectivity index (χ3v) is 3.20. The van der Waals surface area contributed by atoms with Gasteiger partial charge in [-0.3, -0.25) is 4.99 Å². The van der Waals surface area contributed by atoms with Crippen LogP contribution in [-0.2, 0) is 20.1 Å². The van der Waals surface area contributed by atoms with Gasteiger partial charge in [0.25, 0.3) is 0 Å². The van der Waals surface area contributed by atoms with Crippen LogP contribution in [0.5, 0.6) is 5.75 Å². The summed E-state index contributed by atoms with van der Waals surface area (Å²) in [5, 5.41) is 6.58. The SMILES string of the molecule is CN=C(NCc1ccc(OC)cc1)NCc1ccn(C)c1.I. The molecule has 5 nitrogen and oxygen atoms in total. The number of nitrogens with one attached hydrogen (secondary N) is 2. The highest BCUT2D eigenvalue weighted by Gasteiger charge is 2.00. The van der Waals surface area contributed by atoms with Crippen molar-refractivity contribution in [2.75, 3.05) is 14.2 Å². The van der Waals surface area contributed by atoms with Crippen molar-refractivity contribution in [2.45, 2.75) is 13.1 Å². The maximum Gasteiger partial charge on any atom is 0.191 e. The Bertz CT molecular complexity index is 592. The quantitative estimate of drug-likeness (QED) is 0.449.